The summed E-state index contributed by atoms with van der Waals surface area (Å²) < 4.78 is 22.4. The van der Waals surface area contributed by atoms with E-state index in [2.05, 4.69) is 24.1 Å². The molecule has 1 heterocycles. The van der Waals surface area contributed by atoms with Gasteiger partial charge in [-0.05, 0) is 24.5 Å². The lowest BCUT2D eigenvalue weighted by Gasteiger charge is -2.06. The van der Waals surface area contributed by atoms with Crippen molar-refractivity contribution in [3.8, 4) is 0 Å². The Morgan fingerprint density at radius 1 is 1.39 bits per heavy atom. The molecule has 0 radical (unpaired) electrons. The van der Waals surface area contributed by atoms with E-state index >= 15 is 0 Å². The van der Waals surface area contributed by atoms with Crippen molar-refractivity contribution in [3.63, 3.8) is 0 Å². The molecule has 1 amide bonds. The Morgan fingerprint density at radius 2 is 2.06 bits per heavy atom. The number of nitrogens with zero attached hydrogens (tertiary/aromatic N) is 1. The average Bonchev–Trinajstić information content (AvgIpc) is 2.26. The maximum Gasteiger partial charge on any atom is 0.224 e. The molecule has 1 aromatic rings. The Bertz CT molecular complexity index is 507. The van der Waals surface area contributed by atoms with Gasteiger partial charge in [0.2, 0.25) is 5.91 Å². The van der Waals surface area contributed by atoms with Crippen LogP contribution in [0.2, 0.25) is 0 Å². The van der Waals surface area contributed by atoms with E-state index in [0.29, 0.717) is 18.0 Å². The number of anilines is 1. The third kappa shape index (κ3) is 4.83. The number of hydrogen-bond acceptors (Lipinski definition) is 4. The molecule has 18 heavy (non-hydrogen) atoms. The van der Waals surface area contributed by atoms with Crippen molar-refractivity contribution in [1.29, 1.82) is 0 Å². The van der Waals surface area contributed by atoms with Gasteiger partial charge < -0.3 is 5.32 Å². The molecular formula is C12H18N2O3S. The van der Waals surface area contributed by atoms with Crippen molar-refractivity contribution < 1.29 is 13.2 Å². The van der Waals surface area contributed by atoms with E-state index in [9.17, 15) is 13.2 Å². The molecule has 0 atom stereocenters. The highest BCUT2D eigenvalue weighted by Gasteiger charge is 2.09. The van der Waals surface area contributed by atoms with E-state index in [1.54, 1.807) is 0 Å². The average molecular weight is 270 g/mol. The second-order valence-corrected chi connectivity index (χ2v) is 6.60. The fourth-order valence-corrected chi connectivity index (χ4v) is 1.88. The third-order valence-electron chi connectivity index (χ3n) is 2.35. The summed E-state index contributed by atoms with van der Waals surface area (Å²) in [5.74, 6) is 0.388. The first-order valence-electron chi connectivity index (χ1n) is 5.75. The summed E-state index contributed by atoms with van der Waals surface area (Å²) in [7, 11) is -3.29. The molecule has 1 aromatic heterocycles. The number of hydrogen-bond donors (Lipinski definition) is 1. The molecule has 5 nitrogen and oxygen atoms in total. The molecule has 1 N–H and O–H groups in total. The van der Waals surface area contributed by atoms with Gasteiger partial charge >= 0.3 is 0 Å². The Morgan fingerprint density at radius 3 is 2.50 bits per heavy atom. The molecule has 0 saturated carbocycles. The van der Waals surface area contributed by atoms with Gasteiger partial charge in [-0.25, -0.2) is 13.4 Å². The number of nitrogens with one attached hydrogen (secondary N) is 1. The van der Waals surface area contributed by atoms with Crippen LogP contribution in [-0.2, 0) is 14.6 Å². The fourth-order valence-electron chi connectivity index (χ4n) is 1.32. The van der Waals surface area contributed by atoms with E-state index < -0.39 is 9.84 Å². The van der Waals surface area contributed by atoms with Crippen LogP contribution < -0.4 is 5.32 Å². The van der Waals surface area contributed by atoms with Crippen LogP contribution in [0.1, 0.15) is 26.7 Å². The first-order valence-corrected chi connectivity index (χ1v) is 7.64. The predicted octanol–water partition coefficient (Wildman–Crippen LogP) is 1.86. The molecule has 1 rings (SSSR count). The molecule has 0 aliphatic rings. The van der Waals surface area contributed by atoms with Gasteiger partial charge in [0, 0.05) is 12.7 Å². The number of pyridine rings is 1. The summed E-state index contributed by atoms with van der Waals surface area (Å²) in [5.41, 5.74) is 0.510. The molecule has 0 aromatic carbocycles. The van der Waals surface area contributed by atoms with Crippen molar-refractivity contribution in [2.45, 2.75) is 31.7 Å². The normalized spacial score (nSPS) is 11.6. The fraction of sp³-hybridized carbons (Fsp3) is 0.500. The van der Waals surface area contributed by atoms with Crippen molar-refractivity contribution in [1.82, 2.24) is 4.98 Å². The van der Waals surface area contributed by atoms with Crippen LogP contribution in [0.25, 0.3) is 0 Å². The summed E-state index contributed by atoms with van der Waals surface area (Å²) in [5, 5.41) is 2.68. The zero-order valence-electron chi connectivity index (χ0n) is 10.8. The van der Waals surface area contributed by atoms with Crippen molar-refractivity contribution in [3.05, 3.63) is 18.3 Å². The zero-order chi connectivity index (χ0) is 13.8. The van der Waals surface area contributed by atoms with Crippen LogP contribution in [0.3, 0.4) is 0 Å². The minimum absolute atomic E-state index is 0.00248. The quantitative estimate of drug-likeness (QED) is 0.886. The Balaban J connectivity index is 2.62. The van der Waals surface area contributed by atoms with Gasteiger partial charge in [-0.2, -0.15) is 0 Å². The van der Waals surface area contributed by atoms with Gasteiger partial charge in [0.1, 0.15) is 0 Å². The van der Waals surface area contributed by atoms with Crippen LogP contribution in [-0.4, -0.2) is 25.6 Å². The van der Waals surface area contributed by atoms with Crippen molar-refractivity contribution in [2.24, 2.45) is 5.92 Å². The number of sulfone groups is 1. The number of carbonyl (C=O) groups excluding carboxylic acids is 1. The molecule has 0 aliphatic heterocycles. The van der Waals surface area contributed by atoms with Crippen LogP contribution in [0, 0.1) is 5.92 Å². The van der Waals surface area contributed by atoms with E-state index in [-0.39, 0.29) is 10.9 Å². The van der Waals surface area contributed by atoms with E-state index in [1.165, 1.54) is 18.3 Å². The SMILES string of the molecule is CC(C)CCC(=O)Nc1ccc(S(C)(=O)=O)nc1. The van der Waals surface area contributed by atoms with Gasteiger partial charge in [0.15, 0.2) is 14.9 Å². The molecule has 0 bridgehead atoms. The summed E-state index contributed by atoms with van der Waals surface area (Å²) in [4.78, 5) is 15.3. The standard InChI is InChI=1S/C12H18N2O3S/c1-9(2)4-6-11(15)14-10-5-7-12(13-8-10)18(3,16)17/h5,7-9H,4,6H2,1-3H3,(H,14,15). The molecule has 0 saturated heterocycles. The topological polar surface area (TPSA) is 76.1 Å². The van der Waals surface area contributed by atoms with Gasteiger partial charge in [0.05, 0.1) is 11.9 Å². The second kappa shape index (κ2) is 5.95. The lowest BCUT2D eigenvalue weighted by atomic mass is 10.1. The number of aromatic nitrogens is 1. The molecule has 0 fully saturated rings. The first kappa shape index (κ1) is 14.6. The van der Waals surface area contributed by atoms with Crippen molar-refractivity contribution in [2.75, 3.05) is 11.6 Å². The van der Waals surface area contributed by atoms with Gasteiger partial charge in [0.25, 0.3) is 0 Å². The summed E-state index contributed by atoms with van der Waals surface area (Å²) in [6.45, 7) is 4.10. The largest absolute Gasteiger partial charge is 0.325 e. The molecule has 0 spiro atoms. The Hall–Kier alpha value is -1.43. The highest BCUT2D eigenvalue weighted by Crippen LogP contribution is 2.11. The minimum Gasteiger partial charge on any atom is -0.325 e. The Kier molecular flexibility index (Phi) is 4.84. The monoisotopic (exact) mass is 270 g/mol. The zero-order valence-corrected chi connectivity index (χ0v) is 11.6. The predicted molar refractivity (Wildman–Crippen MR) is 70.0 cm³/mol. The summed E-state index contributed by atoms with van der Waals surface area (Å²) in [6.07, 6.45) is 3.71. The van der Waals surface area contributed by atoms with Gasteiger partial charge in [-0.3, -0.25) is 4.79 Å². The van der Waals surface area contributed by atoms with Crippen LogP contribution in [0.5, 0.6) is 0 Å². The van der Waals surface area contributed by atoms with Crippen LogP contribution >= 0.6 is 0 Å². The van der Waals surface area contributed by atoms with E-state index in [1.807, 2.05) is 0 Å². The smallest absolute Gasteiger partial charge is 0.224 e. The number of amides is 1. The lowest BCUT2D eigenvalue weighted by Crippen LogP contribution is -2.12. The summed E-state index contributed by atoms with van der Waals surface area (Å²) >= 11 is 0. The molecule has 100 valence electrons. The van der Waals surface area contributed by atoms with Crippen LogP contribution in [0.15, 0.2) is 23.4 Å². The molecule has 0 aliphatic carbocycles. The highest BCUT2D eigenvalue weighted by atomic mass is 32.2. The number of carbonyl (C=O) groups is 1. The third-order valence-corrected chi connectivity index (χ3v) is 3.35. The van der Waals surface area contributed by atoms with Crippen molar-refractivity contribution >= 4 is 21.4 Å². The number of rotatable bonds is 5. The molecule has 6 heteroatoms. The maximum absolute atomic E-state index is 11.5. The first-order chi connectivity index (χ1) is 8.29. The molecule has 0 unspecified atom stereocenters. The van der Waals surface area contributed by atoms with Gasteiger partial charge in [-0.15, -0.1) is 0 Å². The van der Waals surface area contributed by atoms with E-state index in [0.717, 1.165) is 12.7 Å². The second-order valence-electron chi connectivity index (χ2n) is 4.64. The maximum atomic E-state index is 11.5. The van der Waals surface area contributed by atoms with Crippen LogP contribution in [0.4, 0.5) is 5.69 Å². The van der Waals surface area contributed by atoms with Gasteiger partial charge in [-0.1, -0.05) is 13.8 Å². The minimum atomic E-state index is -3.29. The Labute approximate surface area is 108 Å². The lowest BCUT2D eigenvalue weighted by molar-refractivity contribution is -0.116. The summed E-state index contributed by atoms with van der Waals surface area (Å²) in [6, 6.07) is 2.92. The van der Waals surface area contributed by atoms with E-state index in [4.69, 9.17) is 0 Å². The molecular weight excluding hydrogens is 252 g/mol. The highest BCUT2D eigenvalue weighted by molar-refractivity contribution is 7.90.